The van der Waals surface area contributed by atoms with Gasteiger partial charge in [0.05, 0.1) is 13.2 Å². The summed E-state index contributed by atoms with van der Waals surface area (Å²) in [6, 6.07) is 18.2. The van der Waals surface area contributed by atoms with Gasteiger partial charge in [0.15, 0.2) is 5.82 Å². The van der Waals surface area contributed by atoms with E-state index in [4.69, 9.17) is 4.74 Å². The van der Waals surface area contributed by atoms with Crippen LogP contribution < -0.4 is 10.3 Å². The van der Waals surface area contributed by atoms with Crippen molar-refractivity contribution in [1.29, 1.82) is 0 Å². The smallest absolute Gasteiger partial charge is 0.253 e. The van der Waals surface area contributed by atoms with Crippen LogP contribution in [0.1, 0.15) is 54.7 Å². The summed E-state index contributed by atoms with van der Waals surface area (Å²) in [6.45, 7) is 4.40. The molecule has 2 aromatic heterocycles. The van der Waals surface area contributed by atoms with Gasteiger partial charge in [-0.15, -0.1) is 5.10 Å². The molecule has 3 heterocycles. The van der Waals surface area contributed by atoms with Gasteiger partial charge >= 0.3 is 0 Å². The standard InChI is InChI=1S/C28H33N7O2/c1-37-23-11-12-25-21(17-23)18-24(28(36)29-25)26(27-30-31-32-35(27)22-9-5-6-10-22)34-15-13-33(14-16-34)19-20-7-3-2-4-8-20/h2-4,7-8,11-12,17-18,22,26H,5-6,9-10,13-16,19H2,1H3,(H,29,36). The Balaban J connectivity index is 1.35. The number of ether oxygens (including phenoxy) is 1. The van der Waals surface area contributed by atoms with Crippen molar-refractivity contribution in [3.8, 4) is 5.75 Å². The number of aromatic amines is 1. The monoisotopic (exact) mass is 499 g/mol. The molecule has 6 rings (SSSR count). The lowest BCUT2D eigenvalue weighted by molar-refractivity contribution is 0.0989. The predicted molar refractivity (Wildman–Crippen MR) is 142 cm³/mol. The third-order valence-electron chi connectivity index (χ3n) is 7.83. The summed E-state index contributed by atoms with van der Waals surface area (Å²) in [6.07, 6.45) is 4.51. The zero-order valence-electron chi connectivity index (χ0n) is 21.2. The molecule has 0 radical (unpaired) electrons. The van der Waals surface area contributed by atoms with Gasteiger partial charge in [-0.05, 0) is 53.1 Å². The van der Waals surface area contributed by atoms with Crippen molar-refractivity contribution in [2.24, 2.45) is 0 Å². The number of fused-ring (bicyclic) bond motifs is 1. The van der Waals surface area contributed by atoms with Crippen molar-refractivity contribution in [3.63, 3.8) is 0 Å². The maximum Gasteiger partial charge on any atom is 0.253 e. The first-order valence-corrected chi connectivity index (χ1v) is 13.2. The van der Waals surface area contributed by atoms with E-state index in [1.165, 1.54) is 18.4 Å². The van der Waals surface area contributed by atoms with Gasteiger partial charge in [0, 0.05) is 49.2 Å². The van der Waals surface area contributed by atoms with Crippen LogP contribution in [0.3, 0.4) is 0 Å². The van der Waals surface area contributed by atoms with E-state index in [1.807, 2.05) is 28.9 Å². The van der Waals surface area contributed by atoms with E-state index in [0.29, 0.717) is 5.56 Å². The quantitative estimate of drug-likeness (QED) is 0.416. The Morgan fingerprint density at radius 3 is 2.57 bits per heavy atom. The zero-order valence-corrected chi connectivity index (χ0v) is 21.2. The Hall–Kier alpha value is -3.56. The summed E-state index contributed by atoms with van der Waals surface area (Å²) in [5.74, 6) is 1.52. The van der Waals surface area contributed by atoms with Crippen molar-refractivity contribution in [1.82, 2.24) is 35.0 Å². The minimum atomic E-state index is -0.325. The van der Waals surface area contributed by atoms with Gasteiger partial charge in [0.25, 0.3) is 5.56 Å². The lowest BCUT2D eigenvalue weighted by Crippen LogP contribution is -2.48. The molecule has 9 nitrogen and oxygen atoms in total. The lowest BCUT2D eigenvalue weighted by Gasteiger charge is -2.39. The molecule has 0 bridgehead atoms. The summed E-state index contributed by atoms with van der Waals surface area (Å²) in [5, 5.41) is 14.0. The number of tetrazole rings is 1. The molecule has 37 heavy (non-hydrogen) atoms. The number of pyridine rings is 1. The number of benzene rings is 2. The molecule has 1 saturated heterocycles. The topological polar surface area (TPSA) is 92.2 Å². The number of nitrogens with one attached hydrogen (secondary N) is 1. The van der Waals surface area contributed by atoms with Gasteiger partial charge in [-0.25, -0.2) is 4.68 Å². The normalized spacial score (nSPS) is 18.4. The van der Waals surface area contributed by atoms with E-state index >= 15 is 0 Å². The summed E-state index contributed by atoms with van der Waals surface area (Å²) >= 11 is 0. The Morgan fingerprint density at radius 2 is 1.81 bits per heavy atom. The molecule has 1 aliphatic heterocycles. The van der Waals surface area contributed by atoms with E-state index in [1.54, 1.807) is 7.11 Å². The highest BCUT2D eigenvalue weighted by Crippen LogP contribution is 2.34. The van der Waals surface area contributed by atoms with Crippen LogP contribution in [0.25, 0.3) is 10.9 Å². The number of H-pyrrole nitrogens is 1. The van der Waals surface area contributed by atoms with E-state index in [2.05, 4.69) is 60.6 Å². The third kappa shape index (κ3) is 4.89. The van der Waals surface area contributed by atoms with Gasteiger partial charge < -0.3 is 9.72 Å². The van der Waals surface area contributed by atoms with E-state index in [9.17, 15) is 4.79 Å². The molecule has 0 amide bonds. The largest absolute Gasteiger partial charge is 0.497 e. The summed E-state index contributed by atoms with van der Waals surface area (Å²) in [5.41, 5.74) is 2.68. The third-order valence-corrected chi connectivity index (χ3v) is 7.83. The van der Waals surface area contributed by atoms with Crippen LogP contribution in [0.4, 0.5) is 0 Å². The van der Waals surface area contributed by atoms with Crippen LogP contribution >= 0.6 is 0 Å². The first kappa shape index (κ1) is 23.8. The van der Waals surface area contributed by atoms with Crippen LogP contribution in [0, 0.1) is 0 Å². The number of rotatable bonds is 7. The highest BCUT2D eigenvalue weighted by atomic mass is 16.5. The van der Waals surface area contributed by atoms with Gasteiger partial charge in [-0.2, -0.15) is 0 Å². The maximum absolute atomic E-state index is 13.5. The molecule has 1 aliphatic carbocycles. The van der Waals surface area contributed by atoms with Crippen LogP contribution in [-0.2, 0) is 6.54 Å². The first-order chi connectivity index (χ1) is 18.2. The molecule has 0 spiro atoms. The fourth-order valence-corrected chi connectivity index (χ4v) is 5.84. The summed E-state index contributed by atoms with van der Waals surface area (Å²) in [7, 11) is 1.65. The second kappa shape index (κ2) is 10.4. The maximum atomic E-state index is 13.5. The Labute approximate surface area is 216 Å². The van der Waals surface area contributed by atoms with E-state index < -0.39 is 0 Å². The lowest BCUT2D eigenvalue weighted by atomic mass is 10.0. The number of methoxy groups -OCH3 is 1. The molecule has 1 N–H and O–H groups in total. The average Bonchev–Trinajstić information content (AvgIpc) is 3.63. The molecule has 2 aromatic carbocycles. The second-order valence-corrected chi connectivity index (χ2v) is 10.1. The molecular formula is C28H33N7O2. The van der Waals surface area contributed by atoms with Crippen LogP contribution in [0.2, 0.25) is 0 Å². The first-order valence-electron chi connectivity index (χ1n) is 13.2. The zero-order chi connectivity index (χ0) is 25.2. The van der Waals surface area contributed by atoms with Gasteiger partial charge in [-0.3, -0.25) is 14.6 Å². The van der Waals surface area contributed by atoms with Crippen molar-refractivity contribution >= 4 is 10.9 Å². The van der Waals surface area contributed by atoms with Gasteiger partial charge in [-0.1, -0.05) is 43.2 Å². The predicted octanol–water partition coefficient (Wildman–Crippen LogP) is 3.55. The van der Waals surface area contributed by atoms with Crippen LogP contribution in [-0.4, -0.2) is 68.3 Å². The Morgan fingerprint density at radius 1 is 1.03 bits per heavy atom. The Bertz CT molecular complexity index is 1400. The second-order valence-electron chi connectivity index (χ2n) is 10.1. The molecule has 1 saturated carbocycles. The van der Waals surface area contributed by atoms with Crippen molar-refractivity contribution in [2.75, 3.05) is 33.3 Å². The Kier molecular flexibility index (Phi) is 6.72. The molecular weight excluding hydrogens is 466 g/mol. The molecule has 2 fully saturated rings. The van der Waals surface area contributed by atoms with Crippen LogP contribution in [0.15, 0.2) is 59.4 Å². The SMILES string of the molecule is COc1ccc2[nH]c(=O)c(C(c3nnnn3C3CCCC3)N3CCN(Cc4ccccc4)CC3)cc2c1. The molecule has 9 heteroatoms. The minimum absolute atomic E-state index is 0.102. The molecule has 1 unspecified atom stereocenters. The van der Waals surface area contributed by atoms with Crippen LogP contribution in [0.5, 0.6) is 5.75 Å². The summed E-state index contributed by atoms with van der Waals surface area (Å²) < 4.78 is 7.43. The van der Waals surface area contributed by atoms with Gasteiger partial charge in [0.2, 0.25) is 0 Å². The minimum Gasteiger partial charge on any atom is -0.497 e. The molecule has 192 valence electrons. The fraction of sp³-hybridized carbons (Fsp3) is 0.429. The summed E-state index contributed by atoms with van der Waals surface area (Å²) in [4.78, 5) is 21.4. The highest BCUT2D eigenvalue weighted by molar-refractivity contribution is 5.80. The molecule has 1 atom stereocenters. The van der Waals surface area contributed by atoms with E-state index in [-0.39, 0.29) is 17.6 Å². The number of piperazine rings is 1. The average molecular weight is 500 g/mol. The number of nitrogens with zero attached hydrogens (tertiary/aromatic N) is 6. The van der Waals surface area contributed by atoms with Crippen molar-refractivity contribution < 1.29 is 4.74 Å². The number of aromatic nitrogens is 5. The number of hydrogen-bond donors (Lipinski definition) is 1. The highest BCUT2D eigenvalue weighted by Gasteiger charge is 2.34. The molecule has 4 aromatic rings. The van der Waals surface area contributed by atoms with E-state index in [0.717, 1.165) is 68.0 Å². The number of hydrogen-bond acceptors (Lipinski definition) is 7. The van der Waals surface area contributed by atoms with Crippen molar-refractivity contribution in [2.45, 2.75) is 44.3 Å². The fourth-order valence-electron chi connectivity index (χ4n) is 5.84. The molecule has 2 aliphatic rings. The van der Waals surface area contributed by atoms with Crippen molar-refractivity contribution in [3.05, 3.63) is 81.9 Å². The van der Waals surface area contributed by atoms with Gasteiger partial charge in [0.1, 0.15) is 11.8 Å².